The number of hydrogen-bond donors (Lipinski definition) is 4. The molecular weight excluding hydrogens is 556 g/mol. The molecule has 10 nitrogen and oxygen atoms in total. The molecule has 0 saturated carbocycles. The van der Waals surface area contributed by atoms with Crippen LogP contribution in [0.3, 0.4) is 0 Å². The number of Topliss-reactive ketones (excluding diaryl/α,β-unsaturated/α-hetero) is 1. The fourth-order valence-electron chi connectivity index (χ4n) is 4.63. The first-order chi connectivity index (χ1) is 19.9. The van der Waals surface area contributed by atoms with E-state index in [2.05, 4.69) is 32.4 Å². The number of aliphatic hydroxyl groups is 1. The number of ketones is 1. The molecule has 0 spiro atoms. The number of nitrogens with one attached hydrogen (secondary N) is 3. The molecule has 1 saturated heterocycles. The number of carbonyl (C=O) groups is 3. The minimum Gasteiger partial charge on any atom is -0.396 e. The van der Waals surface area contributed by atoms with Crippen LogP contribution in [0.4, 0.5) is 0 Å². The van der Waals surface area contributed by atoms with Crippen molar-refractivity contribution in [3.8, 4) is 0 Å². The van der Waals surface area contributed by atoms with Crippen LogP contribution in [-0.2, 0) is 37.5 Å². The van der Waals surface area contributed by atoms with E-state index in [1.807, 2.05) is 18.2 Å². The number of sulfonamides is 1. The van der Waals surface area contributed by atoms with E-state index in [0.717, 1.165) is 32.5 Å². The highest BCUT2D eigenvalue weighted by atomic mass is 32.2. The van der Waals surface area contributed by atoms with E-state index in [1.54, 1.807) is 32.9 Å². The van der Waals surface area contributed by atoms with Crippen molar-refractivity contribution in [1.29, 1.82) is 0 Å². The average molecular weight is 601 g/mol. The van der Waals surface area contributed by atoms with E-state index in [-0.39, 0.29) is 42.8 Å². The Bertz CT molecular complexity index is 1290. The Kier molecular flexibility index (Phi) is 12.2. The lowest BCUT2D eigenvalue weighted by molar-refractivity contribution is -0.138. The maximum atomic E-state index is 12.8. The first-order valence-electron chi connectivity index (χ1n) is 14.5. The van der Waals surface area contributed by atoms with Crippen molar-refractivity contribution in [3.05, 3.63) is 65.7 Å². The molecule has 1 fully saturated rings. The van der Waals surface area contributed by atoms with Gasteiger partial charge in [-0.3, -0.25) is 19.3 Å². The molecule has 0 aliphatic carbocycles. The lowest BCUT2D eigenvalue weighted by Crippen LogP contribution is -2.40. The number of likely N-dealkylation sites (tertiary alicyclic amines) is 1. The van der Waals surface area contributed by atoms with Crippen molar-refractivity contribution in [2.75, 3.05) is 32.8 Å². The van der Waals surface area contributed by atoms with E-state index < -0.39 is 33.0 Å². The summed E-state index contributed by atoms with van der Waals surface area (Å²) in [6.45, 7) is 8.33. The number of rotatable bonds is 15. The van der Waals surface area contributed by atoms with Crippen molar-refractivity contribution < 1.29 is 27.9 Å². The minimum atomic E-state index is -3.67. The third-order valence-electron chi connectivity index (χ3n) is 8.08. The average Bonchev–Trinajstić information content (AvgIpc) is 2.99. The number of amides is 2. The quantitative estimate of drug-likeness (QED) is 0.230. The third-order valence-corrected chi connectivity index (χ3v) is 9.52. The zero-order chi connectivity index (χ0) is 30.8. The zero-order valence-corrected chi connectivity index (χ0v) is 25.6. The molecule has 0 bridgehead atoms. The highest BCUT2D eigenvalue weighted by molar-refractivity contribution is 7.89. The lowest BCUT2D eigenvalue weighted by atomic mass is 9.80. The maximum absolute atomic E-state index is 12.8. The van der Waals surface area contributed by atoms with Gasteiger partial charge in [0.05, 0.1) is 4.90 Å². The van der Waals surface area contributed by atoms with Crippen LogP contribution in [-0.4, -0.2) is 68.8 Å². The van der Waals surface area contributed by atoms with E-state index >= 15 is 0 Å². The monoisotopic (exact) mass is 600 g/mol. The zero-order valence-electron chi connectivity index (χ0n) is 24.8. The van der Waals surface area contributed by atoms with Gasteiger partial charge in [0.1, 0.15) is 0 Å². The number of nitrogens with zero attached hydrogens (tertiary/aromatic N) is 1. The van der Waals surface area contributed by atoms with Crippen LogP contribution in [0.1, 0.15) is 51.2 Å². The van der Waals surface area contributed by atoms with Gasteiger partial charge in [0.15, 0.2) is 0 Å². The van der Waals surface area contributed by atoms with Crippen LogP contribution >= 0.6 is 0 Å². The van der Waals surface area contributed by atoms with E-state index in [4.69, 9.17) is 0 Å². The molecule has 11 heteroatoms. The molecule has 2 amide bonds. The highest BCUT2D eigenvalue weighted by Crippen LogP contribution is 2.25. The Balaban J connectivity index is 1.37. The summed E-state index contributed by atoms with van der Waals surface area (Å²) in [4.78, 5) is 39.1. The molecule has 0 radical (unpaired) electrons. The van der Waals surface area contributed by atoms with Crippen LogP contribution in [0.15, 0.2) is 59.5 Å². The van der Waals surface area contributed by atoms with Gasteiger partial charge < -0.3 is 15.7 Å². The number of hydrogen-bond acceptors (Lipinski definition) is 7. The predicted octanol–water partition coefficient (Wildman–Crippen LogP) is 2.22. The second kappa shape index (κ2) is 15.4. The van der Waals surface area contributed by atoms with Crippen molar-refractivity contribution in [3.63, 3.8) is 0 Å². The molecule has 1 atom stereocenters. The molecule has 0 unspecified atom stereocenters. The summed E-state index contributed by atoms with van der Waals surface area (Å²) in [6.07, 6.45) is 1.71. The number of piperidine rings is 1. The molecule has 1 aliphatic heterocycles. The van der Waals surface area contributed by atoms with Gasteiger partial charge in [-0.2, -0.15) is 0 Å². The van der Waals surface area contributed by atoms with Crippen LogP contribution < -0.4 is 15.4 Å². The molecular formula is C31H44N4O6S. The van der Waals surface area contributed by atoms with Crippen molar-refractivity contribution in [1.82, 2.24) is 20.3 Å². The van der Waals surface area contributed by atoms with Crippen molar-refractivity contribution in [2.45, 2.75) is 58.0 Å². The molecule has 1 heterocycles. The third kappa shape index (κ3) is 10.0. The Morgan fingerprint density at radius 1 is 0.976 bits per heavy atom. The fourth-order valence-corrected chi connectivity index (χ4v) is 5.74. The first kappa shape index (κ1) is 33.4. The van der Waals surface area contributed by atoms with Gasteiger partial charge >= 0.3 is 0 Å². The Labute approximate surface area is 249 Å². The summed E-state index contributed by atoms with van der Waals surface area (Å²) in [7, 11) is -3.67. The van der Waals surface area contributed by atoms with Crippen molar-refractivity contribution >= 4 is 27.6 Å². The Hall–Kier alpha value is -3.12. The van der Waals surface area contributed by atoms with Gasteiger partial charge in [-0.25, -0.2) is 13.1 Å². The van der Waals surface area contributed by atoms with E-state index in [9.17, 15) is 27.9 Å². The molecule has 3 rings (SSSR count). The summed E-state index contributed by atoms with van der Waals surface area (Å²) in [5, 5.41) is 14.6. The molecule has 4 N–H and O–H groups in total. The van der Waals surface area contributed by atoms with Crippen LogP contribution in [0, 0.1) is 17.3 Å². The Morgan fingerprint density at radius 3 is 2.24 bits per heavy atom. The SMILES string of the molecule is C[C@@H](C(=O)NCCC(=O)C(=O)NCc1ccc(S(=O)(=O)NCC2CCN(Cc3ccccc3)CC2)cc1)C(C)(C)CO. The largest absolute Gasteiger partial charge is 0.396 e. The summed E-state index contributed by atoms with van der Waals surface area (Å²) in [5.74, 6) is -1.92. The molecule has 2 aromatic carbocycles. The summed E-state index contributed by atoms with van der Waals surface area (Å²) in [5.41, 5.74) is 1.33. The second-order valence-electron chi connectivity index (χ2n) is 11.7. The first-order valence-corrected chi connectivity index (χ1v) is 15.9. The molecule has 42 heavy (non-hydrogen) atoms. The van der Waals surface area contributed by atoms with E-state index in [1.165, 1.54) is 17.7 Å². The Morgan fingerprint density at radius 2 is 1.62 bits per heavy atom. The number of carbonyl (C=O) groups excluding carboxylic acids is 3. The van der Waals surface area contributed by atoms with E-state index in [0.29, 0.717) is 12.1 Å². The smallest absolute Gasteiger partial charge is 0.287 e. The number of aliphatic hydroxyl groups excluding tert-OH is 1. The predicted molar refractivity (Wildman–Crippen MR) is 161 cm³/mol. The number of benzene rings is 2. The second-order valence-corrected chi connectivity index (χ2v) is 13.5. The molecule has 2 aromatic rings. The standard InChI is InChI=1S/C31H44N4O6S/c1-23(31(2,3)22-36)29(38)32-16-13-28(37)30(39)33-19-24-9-11-27(12-10-24)42(40,41)34-20-25-14-17-35(18-15-25)21-26-7-5-4-6-8-26/h4-12,23,25,34,36H,13-22H2,1-3H3,(H,32,38)(H,33,39)/t23-/m0/s1. The van der Waals surface area contributed by atoms with Crippen LogP contribution in [0.2, 0.25) is 0 Å². The molecule has 1 aliphatic rings. The topological polar surface area (TPSA) is 145 Å². The lowest BCUT2D eigenvalue weighted by Gasteiger charge is -2.32. The van der Waals surface area contributed by atoms with Gasteiger partial charge in [-0.05, 0) is 60.5 Å². The van der Waals surface area contributed by atoms with Gasteiger partial charge in [0.2, 0.25) is 21.7 Å². The fraction of sp³-hybridized carbons (Fsp3) is 0.516. The van der Waals surface area contributed by atoms with Gasteiger partial charge in [-0.1, -0.05) is 63.2 Å². The summed E-state index contributed by atoms with van der Waals surface area (Å²) >= 11 is 0. The molecule has 0 aromatic heterocycles. The van der Waals surface area contributed by atoms with Gasteiger partial charge in [-0.15, -0.1) is 0 Å². The highest BCUT2D eigenvalue weighted by Gasteiger charge is 2.30. The van der Waals surface area contributed by atoms with Crippen molar-refractivity contribution in [2.24, 2.45) is 17.3 Å². The van der Waals surface area contributed by atoms with Crippen LogP contribution in [0.5, 0.6) is 0 Å². The minimum absolute atomic E-state index is 0.0172. The molecule has 230 valence electrons. The normalized spacial score (nSPS) is 15.6. The summed E-state index contributed by atoms with van der Waals surface area (Å²) < 4.78 is 28.4. The summed E-state index contributed by atoms with van der Waals surface area (Å²) in [6, 6.07) is 16.5. The maximum Gasteiger partial charge on any atom is 0.287 e. The van der Waals surface area contributed by atoms with Crippen LogP contribution in [0.25, 0.3) is 0 Å². The van der Waals surface area contributed by atoms with Gasteiger partial charge in [0, 0.05) is 45.1 Å². The van der Waals surface area contributed by atoms with Gasteiger partial charge in [0.25, 0.3) is 5.91 Å².